The Morgan fingerprint density at radius 1 is 0.800 bits per heavy atom. The maximum Gasteiger partial charge on any atom is 0.119 e. The lowest BCUT2D eigenvalue weighted by Gasteiger charge is -2.29. The molecule has 1 unspecified atom stereocenters. The summed E-state index contributed by atoms with van der Waals surface area (Å²) < 4.78 is 6.75. The van der Waals surface area contributed by atoms with Crippen molar-refractivity contribution in [3.05, 3.63) is 99.1 Å². The van der Waals surface area contributed by atoms with E-state index < -0.39 is 0 Å². The van der Waals surface area contributed by atoms with Gasteiger partial charge in [0.05, 0.1) is 7.11 Å². The Labute approximate surface area is 195 Å². The summed E-state index contributed by atoms with van der Waals surface area (Å²) in [5.41, 5.74) is 4.21. The van der Waals surface area contributed by atoms with Crippen LogP contribution in [0.4, 0.5) is 0 Å². The van der Waals surface area contributed by atoms with Crippen molar-refractivity contribution in [3.8, 4) is 5.75 Å². The van der Waals surface area contributed by atoms with Crippen molar-refractivity contribution in [2.75, 3.05) is 20.2 Å². The second-order valence-electron chi connectivity index (χ2n) is 7.85. The van der Waals surface area contributed by atoms with Gasteiger partial charge in [-0.1, -0.05) is 60.7 Å². The van der Waals surface area contributed by atoms with E-state index in [0.717, 1.165) is 44.5 Å². The second-order valence-corrected chi connectivity index (χ2v) is 9.01. The number of benzene rings is 3. The maximum atomic E-state index is 5.43. The third-order valence-corrected chi connectivity index (χ3v) is 6.82. The molecule has 3 aromatic rings. The first kappa shape index (κ1) is 22.8. The lowest BCUT2D eigenvalue weighted by atomic mass is 10.0. The molecule has 3 heteroatoms. The Morgan fingerprint density at radius 3 is 1.90 bits per heavy atom. The van der Waals surface area contributed by atoms with E-state index in [0.29, 0.717) is 6.04 Å². The second kappa shape index (κ2) is 12.1. The van der Waals surface area contributed by atoms with E-state index >= 15 is 0 Å². The van der Waals surface area contributed by atoms with Crippen molar-refractivity contribution in [1.29, 1.82) is 0 Å². The molecule has 0 bridgehead atoms. The molecule has 0 heterocycles. The molecule has 0 spiro atoms. The molecule has 0 aliphatic rings. The Hall–Kier alpha value is -1.85. The Kier molecular flexibility index (Phi) is 9.22. The van der Waals surface area contributed by atoms with Crippen LogP contribution in [-0.2, 0) is 19.3 Å². The number of rotatable bonds is 11. The minimum absolute atomic E-state index is 0.527. The van der Waals surface area contributed by atoms with Crippen LogP contribution < -0.4 is 4.74 Å². The highest BCUT2D eigenvalue weighted by Crippen LogP contribution is 2.22. The Morgan fingerprint density at radius 2 is 1.37 bits per heavy atom. The van der Waals surface area contributed by atoms with Gasteiger partial charge >= 0.3 is 0 Å². The van der Waals surface area contributed by atoms with Gasteiger partial charge in [-0.05, 0) is 90.1 Å². The smallest absolute Gasteiger partial charge is 0.119 e. The van der Waals surface area contributed by atoms with E-state index in [1.54, 1.807) is 7.11 Å². The molecule has 30 heavy (non-hydrogen) atoms. The third-order valence-electron chi connectivity index (χ3n) is 5.77. The summed E-state index contributed by atoms with van der Waals surface area (Å²) in [5.74, 6) is 0.947. The summed E-state index contributed by atoms with van der Waals surface area (Å²) in [7, 11) is 1.74. The molecule has 0 fully saturated rings. The van der Waals surface area contributed by atoms with Crippen molar-refractivity contribution in [3.63, 3.8) is 0 Å². The molecule has 3 aromatic carbocycles. The van der Waals surface area contributed by atoms with Crippen LogP contribution in [0.2, 0.25) is 0 Å². The number of ether oxygens (including phenoxy) is 1. The van der Waals surface area contributed by atoms with Crippen LogP contribution in [0.5, 0.6) is 5.75 Å². The number of aryl methyl sites for hydroxylation is 1. The monoisotopic (exact) mass is 513 g/mol. The van der Waals surface area contributed by atoms with Crippen molar-refractivity contribution in [2.24, 2.45) is 0 Å². The predicted octanol–water partition coefficient (Wildman–Crippen LogP) is 6.41. The molecule has 0 N–H and O–H groups in total. The Balaban J connectivity index is 1.63. The minimum Gasteiger partial charge on any atom is -0.497 e. The molecule has 0 amide bonds. The first-order chi connectivity index (χ1) is 14.7. The van der Waals surface area contributed by atoms with E-state index in [1.807, 2.05) is 6.07 Å². The molecule has 2 nitrogen and oxygen atoms in total. The molecule has 0 aromatic heterocycles. The number of hydrogen-bond acceptors (Lipinski definition) is 2. The van der Waals surface area contributed by atoms with Gasteiger partial charge in [0.1, 0.15) is 5.75 Å². The average Bonchev–Trinajstić information content (AvgIpc) is 2.79. The van der Waals surface area contributed by atoms with Crippen LogP contribution in [0.15, 0.2) is 78.9 Å². The minimum atomic E-state index is 0.527. The molecule has 0 aliphatic heterocycles. The fourth-order valence-corrected chi connectivity index (χ4v) is 4.41. The van der Waals surface area contributed by atoms with Crippen LogP contribution in [-0.4, -0.2) is 31.1 Å². The summed E-state index contributed by atoms with van der Waals surface area (Å²) >= 11 is 2.44. The highest BCUT2D eigenvalue weighted by Gasteiger charge is 2.15. The molecular weight excluding hydrogens is 481 g/mol. The van der Waals surface area contributed by atoms with Gasteiger partial charge in [0, 0.05) is 22.7 Å². The normalized spacial score (nSPS) is 12.1. The zero-order chi connectivity index (χ0) is 21.2. The van der Waals surface area contributed by atoms with E-state index in [2.05, 4.69) is 107 Å². The first-order valence-corrected chi connectivity index (χ1v) is 11.9. The zero-order valence-electron chi connectivity index (χ0n) is 18.1. The van der Waals surface area contributed by atoms with Crippen LogP contribution in [0, 0.1) is 3.57 Å². The number of hydrogen-bond donors (Lipinski definition) is 0. The lowest BCUT2D eigenvalue weighted by molar-refractivity contribution is 0.204. The Bertz CT molecular complexity index is 838. The highest BCUT2D eigenvalue weighted by atomic mass is 127. The summed E-state index contributed by atoms with van der Waals surface area (Å²) in [4.78, 5) is 2.66. The largest absolute Gasteiger partial charge is 0.497 e. The molecule has 0 aliphatic carbocycles. The van der Waals surface area contributed by atoms with E-state index in [1.165, 1.54) is 20.3 Å². The molecule has 3 rings (SSSR count). The van der Waals surface area contributed by atoms with Crippen LogP contribution in [0.25, 0.3) is 0 Å². The van der Waals surface area contributed by atoms with Gasteiger partial charge in [0.2, 0.25) is 0 Å². The quantitative estimate of drug-likeness (QED) is 0.275. The number of nitrogens with zero attached hydrogens (tertiary/aromatic N) is 1. The van der Waals surface area contributed by atoms with Crippen LogP contribution in [0.3, 0.4) is 0 Å². The summed E-state index contributed by atoms with van der Waals surface area (Å²) in [6, 6.07) is 28.6. The molecule has 158 valence electrons. The van der Waals surface area contributed by atoms with Crippen molar-refractivity contribution < 1.29 is 4.74 Å². The summed E-state index contributed by atoms with van der Waals surface area (Å²) in [6.07, 6.45) is 4.41. The molecule has 0 saturated heterocycles. The van der Waals surface area contributed by atoms with Crippen LogP contribution >= 0.6 is 22.6 Å². The van der Waals surface area contributed by atoms with Gasteiger partial charge < -0.3 is 4.74 Å². The number of methoxy groups -OCH3 is 1. The summed E-state index contributed by atoms with van der Waals surface area (Å²) in [6.45, 7) is 4.56. The topological polar surface area (TPSA) is 12.5 Å². The summed E-state index contributed by atoms with van der Waals surface area (Å²) in [5, 5.41) is 0. The van der Waals surface area contributed by atoms with E-state index in [4.69, 9.17) is 4.74 Å². The van der Waals surface area contributed by atoms with Gasteiger partial charge in [-0.2, -0.15) is 0 Å². The molecular formula is C27H32INO. The lowest BCUT2D eigenvalue weighted by Crippen LogP contribution is -2.37. The SMILES string of the molecule is COc1ccc(I)c(CCC(C)N(CCc2ccccc2)CCc2ccccc2)c1. The highest BCUT2D eigenvalue weighted by molar-refractivity contribution is 14.1. The fourth-order valence-electron chi connectivity index (χ4n) is 3.80. The molecule has 0 radical (unpaired) electrons. The van der Waals surface area contributed by atoms with Crippen LogP contribution in [0.1, 0.15) is 30.0 Å². The third kappa shape index (κ3) is 7.13. The fraction of sp³-hybridized carbons (Fsp3) is 0.333. The van der Waals surface area contributed by atoms with Gasteiger partial charge in [-0.25, -0.2) is 0 Å². The number of halogens is 1. The van der Waals surface area contributed by atoms with E-state index in [-0.39, 0.29) is 0 Å². The van der Waals surface area contributed by atoms with Crippen molar-refractivity contribution >= 4 is 22.6 Å². The standard InChI is InChI=1S/C27H32INO/c1-22(13-14-25-21-26(30-2)15-16-27(25)28)29(19-17-23-9-5-3-6-10-23)20-18-24-11-7-4-8-12-24/h3-12,15-16,21-22H,13-14,17-20H2,1-2H3. The molecule has 0 saturated carbocycles. The average molecular weight is 513 g/mol. The van der Waals surface area contributed by atoms with Crippen molar-refractivity contribution in [1.82, 2.24) is 4.90 Å². The van der Waals surface area contributed by atoms with Gasteiger partial charge in [-0.15, -0.1) is 0 Å². The van der Waals surface area contributed by atoms with Crippen molar-refractivity contribution in [2.45, 2.75) is 38.6 Å². The predicted molar refractivity (Wildman–Crippen MR) is 135 cm³/mol. The van der Waals surface area contributed by atoms with E-state index in [9.17, 15) is 0 Å². The molecule has 1 atom stereocenters. The first-order valence-electron chi connectivity index (χ1n) is 10.8. The van der Waals surface area contributed by atoms with Gasteiger partial charge in [0.25, 0.3) is 0 Å². The van der Waals surface area contributed by atoms with Gasteiger partial charge in [-0.3, -0.25) is 4.90 Å². The maximum absolute atomic E-state index is 5.43. The van der Waals surface area contributed by atoms with Gasteiger partial charge in [0.15, 0.2) is 0 Å². The zero-order valence-corrected chi connectivity index (χ0v) is 20.2.